The highest BCUT2D eigenvalue weighted by molar-refractivity contribution is 5.89. The number of nitrogens with one attached hydrogen (secondary N) is 1. The smallest absolute Gasteiger partial charge is 0.408 e. The second-order valence-corrected chi connectivity index (χ2v) is 11.7. The number of likely N-dealkylation sites (N-methyl/N-ethyl adjacent to an activating group) is 1. The van der Waals surface area contributed by atoms with Crippen LogP contribution in [-0.4, -0.2) is 81.0 Å². The van der Waals surface area contributed by atoms with E-state index in [1.807, 2.05) is 56.0 Å². The van der Waals surface area contributed by atoms with Crippen LogP contribution in [0.1, 0.15) is 78.3 Å². The lowest BCUT2D eigenvalue weighted by Crippen LogP contribution is -2.62. The molecule has 4 rings (SSSR count). The summed E-state index contributed by atoms with van der Waals surface area (Å²) >= 11 is 0. The highest BCUT2D eigenvalue weighted by atomic mass is 16.6. The average Bonchev–Trinajstić information content (AvgIpc) is 3.12. The third-order valence-electron chi connectivity index (χ3n) is 7.85. The molecule has 8 nitrogen and oxygen atoms in total. The van der Waals surface area contributed by atoms with Gasteiger partial charge in [0.05, 0.1) is 6.04 Å². The molecule has 4 atom stereocenters. The van der Waals surface area contributed by atoms with Crippen molar-refractivity contribution in [2.75, 3.05) is 13.6 Å². The number of piperidine rings is 1. The first-order valence-corrected chi connectivity index (χ1v) is 13.0. The van der Waals surface area contributed by atoms with Gasteiger partial charge in [0.15, 0.2) is 6.35 Å². The zero-order chi connectivity index (χ0) is 25.5. The van der Waals surface area contributed by atoms with E-state index < -0.39 is 23.6 Å². The van der Waals surface area contributed by atoms with Crippen molar-refractivity contribution in [3.05, 3.63) is 35.9 Å². The molecule has 3 saturated heterocycles. The predicted molar refractivity (Wildman–Crippen MR) is 134 cm³/mol. The van der Waals surface area contributed by atoms with E-state index in [1.165, 1.54) is 4.90 Å². The summed E-state index contributed by atoms with van der Waals surface area (Å²) in [5.74, 6) is 0.0454. The van der Waals surface area contributed by atoms with E-state index in [1.54, 1.807) is 7.05 Å². The van der Waals surface area contributed by atoms with Gasteiger partial charge in [-0.3, -0.25) is 9.69 Å². The number of benzene rings is 1. The van der Waals surface area contributed by atoms with Gasteiger partial charge in [0.2, 0.25) is 5.91 Å². The van der Waals surface area contributed by atoms with E-state index in [4.69, 9.17) is 4.74 Å². The van der Waals surface area contributed by atoms with E-state index in [0.717, 1.165) is 44.2 Å². The van der Waals surface area contributed by atoms with Gasteiger partial charge in [-0.25, -0.2) is 9.69 Å². The van der Waals surface area contributed by atoms with Gasteiger partial charge in [0.1, 0.15) is 11.1 Å². The van der Waals surface area contributed by atoms with Crippen LogP contribution in [0.3, 0.4) is 0 Å². The number of alkyl carbamates (subject to hydrolysis) is 1. The lowest BCUT2D eigenvalue weighted by Gasteiger charge is -2.48. The summed E-state index contributed by atoms with van der Waals surface area (Å²) in [6.07, 6.45) is 3.06. The maximum Gasteiger partial charge on any atom is 0.408 e. The highest BCUT2D eigenvalue weighted by Crippen LogP contribution is 2.48. The summed E-state index contributed by atoms with van der Waals surface area (Å²) < 4.78 is 5.53. The molecule has 3 fully saturated rings. The van der Waals surface area contributed by atoms with Crippen molar-refractivity contribution in [3.8, 4) is 0 Å². The minimum Gasteiger partial charge on any atom is -0.444 e. The number of nitrogens with zero attached hydrogens (tertiary/aromatic N) is 3. The van der Waals surface area contributed by atoms with Gasteiger partial charge in [-0.2, -0.15) is 0 Å². The molecule has 0 aliphatic carbocycles. The van der Waals surface area contributed by atoms with Crippen LogP contribution in [0.15, 0.2) is 30.3 Å². The molecule has 3 unspecified atom stereocenters. The molecule has 0 saturated carbocycles. The summed E-state index contributed by atoms with van der Waals surface area (Å²) in [6, 6.07) is 10.5. The molecule has 1 aromatic carbocycles. The van der Waals surface area contributed by atoms with Crippen LogP contribution < -0.4 is 5.32 Å². The number of aliphatic hydroxyl groups excluding tert-OH is 1. The molecule has 0 radical (unpaired) electrons. The van der Waals surface area contributed by atoms with Crippen LogP contribution in [0.5, 0.6) is 0 Å². The first kappa shape index (κ1) is 25.9. The maximum absolute atomic E-state index is 13.4. The monoisotopic (exact) mass is 486 g/mol. The van der Waals surface area contributed by atoms with Crippen molar-refractivity contribution >= 4 is 12.0 Å². The molecule has 1 spiro atoms. The molecule has 8 heteroatoms. The Labute approximate surface area is 209 Å². The van der Waals surface area contributed by atoms with Crippen molar-refractivity contribution in [1.29, 1.82) is 0 Å². The van der Waals surface area contributed by atoms with Gasteiger partial charge in [-0.05, 0) is 72.3 Å². The molecule has 35 heavy (non-hydrogen) atoms. The number of hydrogen-bond donors (Lipinski definition) is 2. The van der Waals surface area contributed by atoms with Crippen molar-refractivity contribution in [1.82, 2.24) is 20.0 Å². The minimum atomic E-state index is -0.867. The lowest BCUT2D eigenvalue weighted by atomic mass is 9.80. The Bertz CT molecular complexity index is 902. The number of amides is 2. The predicted octanol–water partition coefficient (Wildman–Crippen LogP) is 3.47. The molecule has 194 valence electrons. The van der Waals surface area contributed by atoms with Crippen molar-refractivity contribution in [2.45, 2.75) is 108 Å². The van der Waals surface area contributed by atoms with Gasteiger partial charge >= 0.3 is 6.09 Å². The SMILES string of the molecule is CC(C)N1C(O)N(C)C(=O)C12CC1CCC(C2)N1CC[C@H](NC(=O)OC(C)(C)C)c1ccccc1. The summed E-state index contributed by atoms with van der Waals surface area (Å²) in [4.78, 5) is 32.0. The number of aliphatic hydroxyl groups is 1. The van der Waals surface area contributed by atoms with Gasteiger partial charge < -0.3 is 20.1 Å². The number of hydrogen-bond acceptors (Lipinski definition) is 6. The van der Waals surface area contributed by atoms with E-state index in [2.05, 4.69) is 24.1 Å². The quantitative estimate of drug-likeness (QED) is 0.641. The average molecular weight is 487 g/mol. The fourth-order valence-electron chi connectivity index (χ4n) is 6.51. The van der Waals surface area contributed by atoms with E-state index >= 15 is 0 Å². The van der Waals surface area contributed by atoms with Crippen molar-refractivity contribution in [3.63, 3.8) is 0 Å². The second kappa shape index (κ2) is 9.71. The van der Waals surface area contributed by atoms with Crippen LogP contribution in [0, 0.1) is 0 Å². The highest BCUT2D eigenvalue weighted by Gasteiger charge is 2.62. The molecule has 3 heterocycles. The summed E-state index contributed by atoms with van der Waals surface area (Å²) in [6.45, 7) is 10.5. The summed E-state index contributed by atoms with van der Waals surface area (Å²) in [5, 5.41) is 13.9. The summed E-state index contributed by atoms with van der Waals surface area (Å²) in [7, 11) is 1.71. The standard InChI is InChI=1S/C27H42N4O4/c1-18(2)31-25(34)29(6)23(32)27(31)16-20-12-13-21(17-27)30(20)15-14-22(19-10-8-7-9-11-19)28-24(33)35-26(3,4)5/h7-11,18,20-22,25,34H,12-17H2,1-6H3,(H,28,33)/t20?,21?,22-,25?,27?/m0/s1. The molecule has 1 aromatic rings. The Hall–Kier alpha value is -2.16. The summed E-state index contributed by atoms with van der Waals surface area (Å²) in [5.41, 5.74) is -0.126. The van der Waals surface area contributed by atoms with E-state index in [9.17, 15) is 14.7 Å². The third-order valence-corrected chi connectivity index (χ3v) is 7.85. The maximum atomic E-state index is 13.4. The Morgan fingerprint density at radius 2 is 1.77 bits per heavy atom. The van der Waals surface area contributed by atoms with Crippen LogP contribution in [-0.2, 0) is 9.53 Å². The molecule has 2 amide bonds. The lowest BCUT2D eigenvalue weighted by molar-refractivity contribution is -0.137. The van der Waals surface area contributed by atoms with E-state index in [0.29, 0.717) is 0 Å². The van der Waals surface area contributed by atoms with Crippen LogP contribution in [0.2, 0.25) is 0 Å². The van der Waals surface area contributed by atoms with Crippen LogP contribution >= 0.6 is 0 Å². The minimum absolute atomic E-state index is 0.0454. The Kier molecular flexibility index (Phi) is 7.19. The number of carbonyl (C=O) groups is 2. The molecular weight excluding hydrogens is 444 g/mol. The molecule has 2 bridgehead atoms. The normalized spacial score (nSPS) is 30.3. The molecule has 3 aliphatic rings. The zero-order valence-corrected chi connectivity index (χ0v) is 22.0. The fourth-order valence-corrected chi connectivity index (χ4v) is 6.51. The topological polar surface area (TPSA) is 85.4 Å². The Balaban J connectivity index is 1.48. The fraction of sp³-hybridized carbons (Fsp3) is 0.704. The number of ether oxygens (including phenoxy) is 1. The van der Waals surface area contributed by atoms with Gasteiger partial charge in [-0.1, -0.05) is 30.3 Å². The Morgan fingerprint density at radius 3 is 2.31 bits per heavy atom. The molecule has 2 N–H and O–H groups in total. The second-order valence-electron chi connectivity index (χ2n) is 11.7. The number of fused-ring (bicyclic) bond motifs is 2. The molecule has 3 aliphatic heterocycles. The molecule has 0 aromatic heterocycles. The largest absolute Gasteiger partial charge is 0.444 e. The van der Waals surface area contributed by atoms with Crippen molar-refractivity contribution < 1.29 is 19.4 Å². The van der Waals surface area contributed by atoms with Gasteiger partial charge in [-0.15, -0.1) is 0 Å². The third kappa shape index (κ3) is 5.06. The van der Waals surface area contributed by atoms with Crippen LogP contribution in [0.25, 0.3) is 0 Å². The van der Waals surface area contributed by atoms with Crippen molar-refractivity contribution in [2.24, 2.45) is 0 Å². The van der Waals surface area contributed by atoms with Gasteiger partial charge in [0, 0.05) is 31.7 Å². The van der Waals surface area contributed by atoms with Gasteiger partial charge in [0.25, 0.3) is 0 Å². The number of rotatable bonds is 6. The Morgan fingerprint density at radius 1 is 1.17 bits per heavy atom. The number of carbonyl (C=O) groups excluding carboxylic acids is 2. The first-order valence-electron chi connectivity index (χ1n) is 13.0. The zero-order valence-electron chi connectivity index (χ0n) is 22.0. The van der Waals surface area contributed by atoms with E-state index in [-0.39, 0.29) is 30.1 Å². The molecular formula is C27H42N4O4. The van der Waals surface area contributed by atoms with Crippen LogP contribution in [0.4, 0.5) is 4.79 Å². The first-order chi connectivity index (χ1) is 16.4.